The Morgan fingerprint density at radius 1 is 1.60 bits per heavy atom. The number of nitrogens with one attached hydrogen (secondary N) is 2. The summed E-state index contributed by atoms with van der Waals surface area (Å²) in [4.78, 5) is 22.4. The smallest absolute Gasteiger partial charge is 0.326 e. The van der Waals surface area contributed by atoms with Crippen molar-refractivity contribution >= 4 is 11.9 Å². The van der Waals surface area contributed by atoms with Crippen molar-refractivity contribution < 1.29 is 14.7 Å². The molecular formula is C10H18N2O3. The highest BCUT2D eigenvalue weighted by Gasteiger charge is 2.31. The lowest BCUT2D eigenvalue weighted by Gasteiger charge is -2.18. The molecule has 0 bridgehead atoms. The first kappa shape index (κ1) is 12.0. The van der Waals surface area contributed by atoms with E-state index >= 15 is 0 Å². The third-order valence-corrected chi connectivity index (χ3v) is 2.88. The lowest BCUT2D eigenvalue weighted by molar-refractivity contribution is -0.142. The topological polar surface area (TPSA) is 78.4 Å². The van der Waals surface area contributed by atoms with Crippen LogP contribution >= 0.6 is 0 Å². The van der Waals surface area contributed by atoms with Crippen LogP contribution in [0.25, 0.3) is 0 Å². The fourth-order valence-corrected chi connectivity index (χ4v) is 1.83. The van der Waals surface area contributed by atoms with Crippen LogP contribution in [-0.4, -0.2) is 35.6 Å². The Bertz CT molecular complexity index is 255. The van der Waals surface area contributed by atoms with Crippen molar-refractivity contribution in [2.24, 2.45) is 5.92 Å². The van der Waals surface area contributed by atoms with E-state index in [1.54, 1.807) is 6.92 Å². The third-order valence-electron chi connectivity index (χ3n) is 2.88. The molecule has 86 valence electrons. The maximum absolute atomic E-state index is 11.7. The van der Waals surface area contributed by atoms with Gasteiger partial charge in [-0.2, -0.15) is 0 Å². The predicted octanol–water partition coefficient (Wildman–Crippen LogP) is -0.0362. The van der Waals surface area contributed by atoms with Crippen molar-refractivity contribution in [1.29, 1.82) is 0 Å². The van der Waals surface area contributed by atoms with Gasteiger partial charge in [0.05, 0.1) is 5.92 Å². The van der Waals surface area contributed by atoms with E-state index in [1.807, 2.05) is 6.92 Å². The SMILES string of the molecule is CCC(NC(=O)C1CCNC1C)C(=O)O. The van der Waals surface area contributed by atoms with Crippen LogP contribution in [-0.2, 0) is 9.59 Å². The van der Waals surface area contributed by atoms with Gasteiger partial charge in [0.1, 0.15) is 6.04 Å². The molecule has 1 aliphatic heterocycles. The summed E-state index contributed by atoms with van der Waals surface area (Å²) in [5, 5.41) is 14.5. The number of rotatable bonds is 4. The Kier molecular flexibility index (Phi) is 4.08. The molecular weight excluding hydrogens is 196 g/mol. The van der Waals surface area contributed by atoms with Crippen LogP contribution in [0, 0.1) is 5.92 Å². The van der Waals surface area contributed by atoms with Gasteiger partial charge in [-0.05, 0) is 26.3 Å². The van der Waals surface area contributed by atoms with Gasteiger partial charge in [-0.1, -0.05) is 6.92 Å². The molecule has 3 N–H and O–H groups in total. The molecule has 0 radical (unpaired) electrons. The Morgan fingerprint density at radius 3 is 2.67 bits per heavy atom. The summed E-state index contributed by atoms with van der Waals surface area (Å²) >= 11 is 0. The molecule has 1 heterocycles. The molecule has 0 aromatic rings. The zero-order valence-electron chi connectivity index (χ0n) is 9.12. The van der Waals surface area contributed by atoms with E-state index in [4.69, 9.17) is 5.11 Å². The van der Waals surface area contributed by atoms with E-state index in [1.165, 1.54) is 0 Å². The second-order valence-corrected chi connectivity index (χ2v) is 3.95. The van der Waals surface area contributed by atoms with Gasteiger partial charge in [0.2, 0.25) is 5.91 Å². The molecule has 1 fully saturated rings. The normalized spacial score (nSPS) is 27.3. The zero-order chi connectivity index (χ0) is 11.4. The Morgan fingerprint density at radius 2 is 2.27 bits per heavy atom. The molecule has 3 unspecified atom stereocenters. The summed E-state index contributed by atoms with van der Waals surface area (Å²) in [7, 11) is 0. The van der Waals surface area contributed by atoms with Crippen molar-refractivity contribution in [3.8, 4) is 0 Å². The number of carboxylic acids is 1. The van der Waals surface area contributed by atoms with Gasteiger partial charge >= 0.3 is 5.97 Å². The lowest BCUT2D eigenvalue weighted by Crippen LogP contribution is -2.45. The molecule has 5 heteroatoms. The highest BCUT2D eigenvalue weighted by molar-refractivity contribution is 5.85. The molecule has 3 atom stereocenters. The molecule has 1 aliphatic rings. The molecule has 0 spiro atoms. The van der Waals surface area contributed by atoms with E-state index in [2.05, 4.69) is 10.6 Å². The van der Waals surface area contributed by atoms with Gasteiger partial charge in [0, 0.05) is 6.04 Å². The van der Waals surface area contributed by atoms with E-state index in [9.17, 15) is 9.59 Å². The fourth-order valence-electron chi connectivity index (χ4n) is 1.83. The molecule has 0 aromatic heterocycles. The molecule has 15 heavy (non-hydrogen) atoms. The maximum atomic E-state index is 11.7. The molecule has 0 aromatic carbocycles. The van der Waals surface area contributed by atoms with Crippen molar-refractivity contribution in [2.75, 3.05) is 6.54 Å². The summed E-state index contributed by atoms with van der Waals surface area (Å²) in [6.45, 7) is 4.51. The first-order valence-electron chi connectivity index (χ1n) is 5.32. The second kappa shape index (κ2) is 5.11. The summed E-state index contributed by atoms with van der Waals surface area (Å²) in [5.74, 6) is -1.22. The van der Waals surface area contributed by atoms with Gasteiger partial charge in [0.15, 0.2) is 0 Å². The van der Waals surface area contributed by atoms with E-state index in [0.717, 1.165) is 13.0 Å². The summed E-state index contributed by atoms with van der Waals surface area (Å²) < 4.78 is 0. The molecule has 1 rings (SSSR count). The minimum absolute atomic E-state index is 0.0987. The average Bonchev–Trinajstić information content (AvgIpc) is 2.60. The predicted molar refractivity (Wildman–Crippen MR) is 55.4 cm³/mol. The zero-order valence-corrected chi connectivity index (χ0v) is 9.12. The van der Waals surface area contributed by atoms with Crippen molar-refractivity contribution in [3.05, 3.63) is 0 Å². The van der Waals surface area contributed by atoms with Gasteiger partial charge in [-0.25, -0.2) is 4.79 Å². The van der Waals surface area contributed by atoms with Crippen LogP contribution in [0.4, 0.5) is 0 Å². The van der Waals surface area contributed by atoms with Gasteiger partial charge in [-0.15, -0.1) is 0 Å². The number of aliphatic carboxylic acids is 1. The van der Waals surface area contributed by atoms with E-state index < -0.39 is 12.0 Å². The molecule has 1 saturated heterocycles. The number of carboxylic acid groups (broad SMARTS) is 1. The van der Waals surface area contributed by atoms with Gasteiger partial charge in [-0.3, -0.25) is 4.79 Å². The Balaban J connectivity index is 2.50. The van der Waals surface area contributed by atoms with Gasteiger partial charge in [0.25, 0.3) is 0 Å². The summed E-state index contributed by atoms with van der Waals surface area (Å²) in [6, 6.07) is -0.624. The second-order valence-electron chi connectivity index (χ2n) is 3.95. The summed E-state index contributed by atoms with van der Waals surface area (Å²) in [5.41, 5.74) is 0. The quantitative estimate of drug-likeness (QED) is 0.614. The molecule has 1 amide bonds. The Labute approximate surface area is 89.2 Å². The number of amides is 1. The molecule has 5 nitrogen and oxygen atoms in total. The first-order valence-corrected chi connectivity index (χ1v) is 5.32. The number of hydrogen-bond donors (Lipinski definition) is 3. The van der Waals surface area contributed by atoms with Crippen molar-refractivity contribution in [1.82, 2.24) is 10.6 Å². The number of carbonyl (C=O) groups is 2. The summed E-state index contributed by atoms with van der Waals surface area (Å²) in [6.07, 6.45) is 1.19. The minimum atomic E-state index is -0.968. The molecule has 0 aliphatic carbocycles. The number of hydrogen-bond acceptors (Lipinski definition) is 3. The van der Waals surface area contributed by atoms with Crippen LogP contribution in [0.3, 0.4) is 0 Å². The van der Waals surface area contributed by atoms with Crippen molar-refractivity contribution in [2.45, 2.75) is 38.8 Å². The first-order chi connectivity index (χ1) is 7.06. The average molecular weight is 214 g/mol. The Hall–Kier alpha value is -1.10. The van der Waals surface area contributed by atoms with Crippen molar-refractivity contribution in [3.63, 3.8) is 0 Å². The van der Waals surface area contributed by atoms with Crippen LogP contribution < -0.4 is 10.6 Å². The van der Waals surface area contributed by atoms with Crippen LogP contribution in [0.5, 0.6) is 0 Å². The fraction of sp³-hybridized carbons (Fsp3) is 0.800. The van der Waals surface area contributed by atoms with E-state index in [0.29, 0.717) is 6.42 Å². The van der Waals surface area contributed by atoms with Gasteiger partial charge < -0.3 is 15.7 Å². The monoisotopic (exact) mass is 214 g/mol. The maximum Gasteiger partial charge on any atom is 0.326 e. The van der Waals surface area contributed by atoms with E-state index in [-0.39, 0.29) is 17.9 Å². The van der Waals surface area contributed by atoms with Crippen LogP contribution in [0.1, 0.15) is 26.7 Å². The highest BCUT2D eigenvalue weighted by atomic mass is 16.4. The van der Waals surface area contributed by atoms with Crippen LogP contribution in [0.2, 0.25) is 0 Å². The third kappa shape index (κ3) is 2.92. The molecule has 0 saturated carbocycles. The largest absolute Gasteiger partial charge is 0.480 e. The number of carbonyl (C=O) groups excluding carboxylic acids is 1. The highest BCUT2D eigenvalue weighted by Crippen LogP contribution is 2.15. The standard InChI is InChI=1S/C10H18N2O3/c1-3-8(10(14)15)12-9(13)7-4-5-11-6(7)2/h6-8,11H,3-5H2,1-2H3,(H,12,13)(H,14,15). The van der Waals surface area contributed by atoms with Crippen LogP contribution in [0.15, 0.2) is 0 Å². The lowest BCUT2D eigenvalue weighted by atomic mass is 10.0. The minimum Gasteiger partial charge on any atom is -0.480 e.